The van der Waals surface area contributed by atoms with Crippen LogP contribution in [0.25, 0.3) is 0 Å². The molecular formula is C28H32F5N3O4. The van der Waals surface area contributed by atoms with Gasteiger partial charge in [0, 0.05) is 6.54 Å². The van der Waals surface area contributed by atoms with Gasteiger partial charge in [0.15, 0.2) is 11.5 Å². The quantitative estimate of drug-likeness (QED) is 0.304. The molecule has 0 bridgehead atoms. The van der Waals surface area contributed by atoms with Crippen molar-refractivity contribution in [3.05, 3.63) is 52.9 Å². The first-order valence-corrected chi connectivity index (χ1v) is 13.2. The van der Waals surface area contributed by atoms with Crippen molar-refractivity contribution in [2.45, 2.75) is 71.5 Å². The minimum atomic E-state index is -4.99. The monoisotopic (exact) mass is 569 g/mol. The van der Waals surface area contributed by atoms with Crippen LogP contribution in [0.1, 0.15) is 91.7 Å². The number of hydrogen-bond acceptors (Lipinski definition) is 4. The van der Waals surface area contributed by atoms with Crippen LogP contribution in [0.5, 0.6) is 0 Å². The molecule has 40 heavy (non-hydrogen) atoms. The first-order chi connectivity index (χ1) is 18.5. The summed E-state index contributed by atoms with van der Waals surface area (Å²) in [5, 5.41) is 13.4. The van der Waals surface area contributed by atoms with Gasteiger partial charge in [-0.05, 0) is 68.9 Å². The third kappa shape index (κ3) is 5.90. The summed E-state index contributed by atoms with van der Waals surface area (Å²) in [4.78, 5) is 39.1. The molecule has 2 fully saturated rings. The van der Waals surface area contributed by atoms with Crippen LogP contribution in [0.3, 0.4) is 0 Å². The molecular weight excluding hydrogens is 537 g/mol. The molecule has 0 spiro atoms. The Hall–Kier alpha value is -3.31. The molecule has 1 heterocycles. The standard InChI is InChI=1S/C28H32F5N3O4/c1-26(2)11-16(12-26)14-35(15-21(37)22-19(29)5-4-6-20(22)30)24(38)18-13-34-36(23(18)28(31,32)33)17-7-9-27(3,10-8-17)25(39)40/h4-6,13,16-17H,7-12,14-15H2,1-3H3,(H,39,40)/t17-,27-. The molecule has 0 saturated heterocycles. The van der Waals surface area contributed by atoms with E-state index in [1.54, 1.807) is 6.92 Å². The number of hydrogen-bond donors (Lipinski definition) is 1. The summed E-state index contributed by atoms with van der Waals surface area (Å²) in [6, 6.07) is 2.08. The number of halogens is 5. The number of benzene rings is 1. The summed E-state index contributed by atoms with van der Waals surface area (Å²) in [7, 11) is 0. The van der Waals surface area contributed by atoms with E-state index in [9.17, 15) is 41.4 Å². The summed E-state index contributed by atoms with van der Waals surface area (Å²) in [5.74, 6) is -5.56. The Labute approximate surface area is 228 Å². The first-order valence-electron chi connectivity index (χ1n) is 13.2. The van der Waals surface area contributed by atoms with E-state index in [1.165, 1.54) is 0 Å². The molecule has 4 rings (SSSR count). The van der Waals surface area contributed by atoms with E-state index < -0.39 is 70.3 Å². The fourth-order valence-electron chi connectivity index (χ4n) is 6.13. The lowest BCUT2D eigenvalue weighted by Gasteiger charge is -2.44. The fourth-order valence-corrected chi connectivity index (χ4v) is 6.13. The zero-order chi connectivity index (χ0) is 29.6. The molecule has 2 aromatic rings. The maximum atomic E-state index is 14.4. The summed E-state index contributed by atoms with van der Waals surface area (Å²) in [6.45, 7) is 4.68. The predicted molar refractivity (Wildman–Crippen MR) is 134 cm³/mol. The van der Waals surface area contributed by atoms with Crippen molar-refractivity contribution in [2.75, 3.05) is 13.1 Å². The Morgan fingerprint density at radius 3 is 2.15 bits per heavy atom. The fraction of sp³-hybridized carbons (Fsp3) is 0.571. The molecule has 218 valence electrons. The average molecular weight is 570 g/mol. The molecule has 1 amide bonds. The van der Waals surface area contributed by atoms with Crippen molar-refractivity contribution in [2.24, 2.45) is 16.7 Å². The van der Waals surface area contributed by atoms with E-state index in [2.05, 4.69) is 5.10 Å². The van der Waals surface area contributed by atoms with Crippen molar-refractivity contribution >= 4 is 17.7 Å². The van der Waals surface area contributed by atoms with Crippen LogP contribution in [-0.4, -0.2) is 50.5 Å². The molecule has 2 aliphatic rings. The molecule has 1 N–H and O–H groups in total. The topological polar surface area (TPSA) is 92.5 Å². The number of carboxylic acids is 1. The molecule has 2 saturated carbocycles. The van der Waals surface area contributed by atoms with Crippen LogP contribution < -0.4 is 0 Å². The Bertz CT molecular complexity index is 1280. The van der Waals surface area contributed by atoms with Gasteiger partial charge in [0.25, 0.3) is 5.91 Å². The Morgan fingerprint density at radius 2 is 1.65 bits per heavy atom. The lowest BCUT2D eigenvalue weighted by atomic mass is 9.64. The number of carbonyl (C=O) groups is 3. The molecule has 1 aromatic heterocycles. The second-order valence-electron chi connectivity index (χ2n) is 12.1. The van der Waals surface area contributed by atoms with Crippen LogP contribution >= 0.6 is 0 Å². The maximum Gasteiger partial charge on any atom is 0.433 e. The van der Waals surface area contributed by atoms with Gasteiger partial charge in [-0.15, -0.1) is 0 Å². The highest BCUT2D eigenvalue weighted by Gasteiger charge is 2.46. The Balaban J connectivity index is 1.65. The lowest BCUT2D eigenvalue weighted by molar-refractivity contribution is -0.152. The number of alkyl halides is 3. The van der Waals surface area contributed by atoms with Gasteiger partial charge in [0.2, 0.25) is 0 Å². The van der Waals surface area contributed by atoms with Crippen LogP contribution in [0, 0.1) is 28.4 Å². The number of Topliss-reactive ketones (excluding diaryl/α,β-unsaturated/α-hetero) is 1. The molecule has 7 nitrogen and oxygen atoms in total. The van der Waals surface area contributed by atoms with Crippen LogP contribution in [0.15, 0.2) is 24.4 Å². The van der Waals surface area contributed by atoms with Gasteiger partial charge >= 0.3 is 12.1 Å². The van der Waals surface area contributed by atoms with Gasteiger partial charge in [0.1, 0.15) is 11.6 Å². The maximum absolute atomic E-state index is 14.4. The van der Waals surface area contributed by atoms with Crippen LogP contribution in [-0.2, 0) is 11.0 Å². The highest BCUT2D eigenvalue weighted by Crippen LogP contribution is 2.46. The zero-order valence-corrected chi connectivity index (χ0v) is 22.5. The second kappa shape index (κ2) is 10.6. The summed E-state index contributed by atoms with van der Waals surface area (Å²) in [5.41, 5.74) is -4.00. The van der Waals surface area contributed by atoms with Gasteiger partial charge in [-0.1, -0.05) is 19.9 Å². The van der Waals surface area contributed by atoms with Crippen LogP contribution in [0.2, 0.25) is 0 Å². The van der Waals surface area contributed by atoms with Crippen molar-refractivity contribution in [3.8, 4) is 0 Å². The number of amides is 1. The highest BCUT2D eigenvalue weighted by atomic mass is 19.4. The minimum Gasteiger partial charge on any atom is -0.481 e. The molecule has 2 aliphatic carbocycles. The number of rotatable bonds is 8. The molecule has 0 radical (unpaired) electrons. The van der Waals surface area contributed by atoms with E-state index in [-0.39, 0.29) is 43.6 Å². The number of carbonyl (C=O) groups excluding carboxylic acids is 2. The third-order valence-corrected chi connectivity index (χ3v) is 8.24. The summed E-state index contributed by atoms with van der Waals surface area (Å²) in [6.07, 6.45) is -2.34. The third-order valence-electron chi connectivity index (χ3n) is 8.24. The normalized spacial score (nSPS) is 22.9. The smallest absolute Gasteiger partial charge is 0.433 e. The molecule has 12 heteroatoms. The van der Waals surface area contributed by atoms with Crippen molar-refractivity contribution in [1.29, 1.82) is 0 Å². The average Bonchev–Trinajstić information content (AvgIpc) is 3.28. The SMILES string of the molecule is CC1(C)CC(CN(CC(=O)c2c(F)cccc2F)C(=O)c2cnn([C@H]3CC[C@](C)(C(=O)O)CC3)c2C(F)(F)F)C1. The highest BCUT2D eigenvalue weighted by molar-refractivity contribution is 6.02. The number of carboxylic acid groups (broad SMARTS) is 1. The van der Waals surface area contributed by atoms with E-state index in [4.69, 9.17) is 0 Å². The van der Waals surface area contributed by atoms with Crippen molar-refractivity contribution in [3.63, 3.8) is 0 Å². The minimum absolute atomic E-state index is 0.0332. The lowest BCUT2D eigenvalue weighted by Crippen LogP contribution is -2.45. The van der Waals surface area contributed by atoms with E-state index in [0.717, 1.165) is 34.0 Å². The van der Waals surface area contributed by atoms with Gasteiger partial charge in [0.05, 0.1) is 35.3 Å². The largest absolute Gasteiger partial charge is 0.481 e. The molecule has 0 unspecified atom stereocenters. The van der Waals surface area contributed by atoms with E-state index >= 15 is 0 Å². The Morgan fingerprint density at radius 1 is 1.07 bits per heavy atom. The summed E-state index contributed by atoms with van der Waals surface area (Å²) < 4.78 is 72.5. The number of nitrogens with zero attached hydrogens (tertiary/aromatic N) is 3. The first kappa shape index (κ1) is 29.7. The predicted octanol–water partition coefficient (Wildman–Crippen LogP) is 6.15. The number of aromatic nitrogens is 2. The number of aliphatic carboxylic acids is 1. The molecule has 0 aliphatic heterocycles. The second-order valence-corrected chi connectivity index (χ2v) is 12.1. The van der Waals surface area contributed by atoms with Crippen molar-refractivity contribution in [1.82, 2.24) is 14.7 Å². The van der Waals surface area contributed by atoms with Crippen molar-refractivity contribution < 1.29 is 41.4 Å². The van der Waals surface area contributed by atoms with Gasteiger partial charge in [-0.3, -0.25) is 19.1 Å². The Kier molecular flexibility index (Phi) is 7.85. The number of ketones is 1. The molecule has 0 atom stereocenters. The van der Waals surface area contributed by atoms with Gasteiger partial charge < -0.3 is 10.0 Å². The molecule has 1 aromatic carbocycles. The van der Waals surface area contributed by atoms with Crippen LogP contribution in [0.4, 0.5) is 22.0 Å². The van der Waals surface area contributed by atoms with Gasteiger partial charge in [-0.2, -0.15) is 18.3 Å². The van der Waals surface area contributed by atoms with E-state index in [1.807, 2.05) is 13.8 Å². The zero-order valence-electron chi connectivity index (χ0n) is 22.5. The van der Waals surface area contributed by atoms with E-state index in [0.29, 0.717) is 12.8 Å². The summed E-state index contributed by atoms with van der Waals surface area (Å²) >= 11 is 0. The van der Waals surface area contributed by atoms with Gasteiger partial charge in [-0.25, -0.2) is 8.78 Å².